The lowest BCUT2D eigenvalue weighted by molar-refractivity contribution is 0.0538. The number of sulfone groups is 1. The Morgan fingerprint density at radius 1 is 1.30 bits per heavy atom. The van der Waals surface area contributed by atoms with Crippen molar-refractivity contribution < 1.29 is 8.42 Å². The van der Waals surface area contributed by atoms with Crippen molar-refractivity contribution in [3.05, 3.63) is 0 Å². The molecule has 1 aliphatic carbocycles. The van der Waals surface area contributed by atoms with Gasteiger partial charge in [-0.25, -0.2) is 8.42 Å². The molecule has 1 saturated carbocycles. The molecular weight excluding hydrogens is 272 g/mol. The second-order valence-corrected chi connectivity index (χ2v) is 9.14. The lowest BCUT2D eigenvalue weighted by Crippen LogP contribution is -2.59. The zero-order chi connectivity index (χ0) is 15.4. The SMILES string of the molecule is CCS(=O)(=O)CCCC(N)C1(N(C)C)CCC(C)CC1. The van der Waals surface area contributed by atoms with Crippen molar-refractivity contribution in [2.24, 2.45) is 11.7 Å². The average Bonchev–Trinajstić information content (AvgIpc) is 2.39. The third kappa shape index (κ3) is 4.43. The number of hydrogen-bond donors (Lipinski definition) is 1. The topological polar surface area (TPSA) is 63.4 Å². The molecular formula is C15H32N2O2S. The predicted molar refractivity (Wildman–Crippen MR) is 85.6 cm³/mol. The molecule has 120 valence electrons. The van der Waals surface area contributed by atoms with Gasteiger partial charge in [0.25, 0.3) is 0 Å². The van der Waals surface area contributed by atoms with Crippen molar-refractivity contribution in [3.63, 3.8) is 0 Å². The van der Waals surface area contributed by atoms with Gasteiger partial charge in [0.15, 0.2) is 0 Å². The molecule has 1 fully saturated rings. The van der Waals surface area contributed by atoms with Crippen LogP contribution in [0.2, 0.25) is 0 Å². The van der Waals surface area contributed by atoms with Crippen molar-refractivity contribution in [2.45, 2.75) is 64.0 Å². The highest BCUT2D eigenvalue weighted by Gasteiger charge is 2.40. The van der Waals surface area contributed by atoms with Crippen LogP contribution >= 0.6 is 0 Å². The van der Waals surface area contributed by atoms with E-state index >= 15 is 0 Å². The molecule has 5 heteroatoms. The summed E-state index contributed by atoms with van der Waals surface area (Å²) in [4.78, 5) is 2.28. The molecule has 4 nitrogen and oxygen atoms in total. The second-order valence-electron chi connectivity index (χ2n) is 6.67. The second kappa shape index (κ2) is 7.23. The maximum atomic E-state index is 11.6. The van der Waals surface area contributed by atoms with E-state index in [1.165, 1.54) is 12.8 Å². The first-order valence-electron chi connectivity index (χ1n) is 7.87. The van der Waals surface area contributed by atoms with Crippen molar-refractivity contribution in [1.29, 1.82) is 0 Å². The van der Waals surface area contributed by atoms with Crippen LogP contribution < -0.4 is 5.73 Å². The first-order chi connectivity index (χ1) is 9.23. The highest BCUT2D eigenvalue weighted by atomic mass is 32.2. The molecule has 1 aliphatic rings. The summed E-state index contributed by atoms with van der Waals surface area (Å²) in [5, 5.41) is 0. The van der Waals surface area contributed by atoms with E-state index in [1.54, 1.807) is 6.92 Å². The summed E-state index contributed by atoms with van der Waals surface area (Å²) < 4.78 is 23.1. The van der Waals surface area contributed by atoms with E-state index in [1.807, 2.05) is 0 Å². The molecule has 0 aliphatic heterocycles. The third-order valence-electron chi connectivity index (χ3n) is 5.13. The summed E-state index contributed by atoms with van der Waals surface area (Å²) in [6, 6.07) is 0.0667. The van der Waals surface area contributed by atoms with Gasteiger partial charge in [0, 0.05) is 17.3 Å². The first-order valence-corrected chi connectivity index (χ1v) is 9.69. The zero-order valence-corrected chi connectivity index (χ0v) is 14.4. The van der Waals surface area contributed by atoms with E-state index in [-0.39, 0.29) is 23.1 Å². The van der Waals surface area contributed by atoms with Gasteiger partial charge < -0.3 is 10.6 Å². The minimum atomic E-state index is -2.86. The van der Waals surface area contributed by atoms with Crippen molar-refractivity contribution in [3.8, 4) is 0 Å². The van der Waals surface area contributed by atoms with E-state index in [0.717, 1.165) is 25.2 Å². The Labute approximate surface area is 125 Å². The normalized spacial score (nSPS) is 29.6. The molecule has 1 unspecified atom stereocenters. The highest BCUT2D eigenvalue weighted by Crippen LogP contribution is 2.38. The molecule has 0 aromatic heterocycles. The van der Waals surface area contributed by atoms with Gasteiger partial charge in [-0.15, -0.1) is 0 Å². The zero-order valence-electron chi connectivity index (χ0n) is 13.6. The Bertz CT molecular complexity index is 385. The van der Waals surface area contributed by atoms with Crippen molar-refractivity contribution >= 4 is 9.84 Å². The summed E-state index contributed by atoms with van der Waals surface area (Å²) in [6.07, 6.45) is 6.18. The third-order valence-corrected chi connectivity index (χ3v) is 6.92. The lowest BCUT2D eigenvalue weighted by atomic mass is 9.71. The number of hydrogen-bond acceptors (Lipinski definition) is 4. The number of nitrogens with zero attached hydrogens (tertiary/aromatic N) is 1. The molecule has 0 saturated heterocycles. The quantitative estimate of drug-likeness (QED) is 0.782. The molecule has 0 amide bonds. The van der Waals surface area contributed by atoms with Gasteiger partial charge in [-0.3, -0.25) is 0 Å². The van der Waals surface area contributed by atoms with Crippen LogP contribution in [0.1, 0.15) is 52.4 Å². The minimum absolute atomic E-state index is 0.0580. The maximum Gasteiger partial charge on any atom is 0.150 e. The fourth-order valence-electron chi connectivity index (χ4n) is 3.35. The summed E-state index contributed by atoms with van der Waals surface area (Å²) in [6.45, 7) is 4.01. The van der Waals surface area contributed by atoms with E-state index in [4.69, 9.17) is 5.73 Å². The predicted octanol–water partition coefficient (Wildman–Crippen LogP) is 2.04. The van der Waals surface area contributed by atoms with E-state index < -0.39 is 9.84 Å². The van der Waals surface area contributed by atoms with Crippen LogP contribution in [-0.2, 0) is 9.84 Å². The van der Waals surface area contributed by atoms with Crippen LogP contribution in [0.15, 0.2) is 0 Å². The average molecular weight is 305 g/mol. The summed E-state index contributed by atoms with van der Waals surface area (Å²) >= 11 is 0. The fourth-order valence-corrected chi connectivity index (χ4v) is 4.24. The van der Waals surface area contributed by atoms with Crippen LogP contribution in [0.5, 0.6) is 0 Å². The van der Waals surface area contributed by atoms with Gasteiger partial charge in [-0.1, -0.05) is 13.8 Å². The fraction of sp³-hybridized carbons (Fsp3) is 1.00. The highest BCUT2D eigenvalue weighted by molar-refractivity contribution is 7.91. The standard InChI is InChI=1S/C15H32N2O2S/c1-5-20(18,19)12-6-7-14(16)15(17(3)4)10-8-13(2)9-11-15/h13-14H,5-12,16H2,1-4H3. The Kier molecular flexibility index (Phi) is 6.48. The Hall–Kier alpha value is -0.130. The van der Waals surface area contributed by atoms with Crippen LogP contribution in [0.25, 0.3) is 0 Å². The Morgan fingerprint density at radius 2 is 1.85 bits per heavy atom. The van der Waals surface area contributed by atoms with Gasteiger partial charge in [0.1, 0.15) is 9.84 Å². The first kappa shape index (κ1) is 17.9. The Morgan fingerprint density at radius 3 is 2.30 bits per heavy atom. The molecule has 0 spiro atoms. The molecule has 0 heterocycles. The van der Waals surface area contributed by atoms with Crippen LogP contribution in [-0.4, -0.2) is 50.5 Å². The smallest absolute Gasteiger partial charge is 0.150 e. The molecule has 0 radical (unpaired) electrons. The largest absolute Gasteiger partial charge is 0.326 e. The van der Waals surface area contributed by atoms with Gasteiger partial charge >= 0.3 is 0 Å². The van der Waals surface area contributed by atoms with Crippen LogP contribution in [0, 0.1) is 5.92 Å². The molecule has 0 bridgehead atoms. The molecule has 2 N–H and O–H groups in total. The van der Waals surface area contributed by atoms with Gasteiger partial charge in [0.05, 0.1) is 5.75 Å². The number of rotatable bonds is 7. The van der Waals surface area contributed by atoms with E-state index in [0.29, 0.717) is 6.42 Å². The van der Waals surface area contributed by atoms with E-state index in [9.17, 15) is 8.42 Å². The van der Waals surface area contributed by atoms with Gasteiger partial charge in [0.2, 0.25) is 0 Å². The molecule has 0 aromatic carbocycles. The van der Waals surface area contributed by atoms with Gasteiger partial charge in [-0.05, 0) is 58.5 Å². The molecule has 0 aromatic rings. The molecule has 1 rings (SSSR count). The monoisotopic (exact) mass is 304 g/mol. The summed E-state index contributed by atoms with van der Waals surface area (Å²) in [7, 11) is 1.36. The lowest BCUT2D eigenvalue weighted by Gasteiger charge is -2.48. The minimum Gasteiger partial charge on any atom is -0.326 e. The number of nitrogens with two attached hydrogens (primary N) is 1. The summed E-state index contributed by atoms with van der Waals surface area (Å²) in [5.41, 5.74) is 6.52. The Balaban J connectivity index is 2.60. The van der Waals surface area contributed by atoms with Crippen LogP contribution in [0.4, 0.5) is 0 Å². The van der Waals surface area contributed by atoms with Gasteiger partial charge in [-0.2, -0.15) is 0 Å². The number of likely N-dealkylation sites (N-methyl/N-ethyl adjacent to an activating group) is 1. The van der Waals surface area contributed by atoms with Crippen molar-refractivity contribution in [1.82, 2.24) is 4.90 Å². The summed E-state index contributed by atoms with van der Waals surface area (Å²) in [5.74, 6) is 1.30. The van der Waals surface area contributed by atoms with Crippen molar-refractivity contribution in [2.75, 3.05) is 25.6 Å². The maximum absolute atomic E-state index is 11.6. The molecule has 1 atom stereocenters. The molecule has 20 heavy (non-hydrogen) atoms. The van der Waals surface area contributed by atoms with Crippen LogP contribution in [0.3, 0.4) is 0 Å². The van der Waals surface area contributed by atoms with E-state index in [2.05, 4.69) is 25.9 Å².